The van der Waals surface area contributed by atoms with Crippen molar-refractivity contribution in [2.45, 2.75) is 19.8 Å². The van der Waals surface area contributed by atoms with Gasteiger partial charge in [0.2, 0.25) is 0 Å². The molecular formula is C11H13N3O2. The van der Waals surface area contributed by atoms with E-state index >= 15 is 0 Å². The van der Waals surface area contributed by atoms with Crippen molar-refractivity contribution in [2.24, 2.45) is 0 Å². The fraction of sp³-hybridized carbons (Fsp3) is 0.364. The van der Waals surface area contributed by atoms with Crippen LogP contribution in [0.2, 0.25) is 0 Å². The number of carbonyl (C=O) groups excluding carboxylic acids is 1. The number of nitrogens with one attached hydrogen (secondary N) is 1. The van der Waals surface area contributed by atoms with Gasteiger partial charge < -0.3 is 9.72 Å². The maximum Gasteiger partial charge on any atom is 0.306 e. The van der Waals surface area contributed by atoms with Gasteiger partial charge in [-0.25, -0.2) is 4.98 Å². The normalized spacial score (nSPS) is 10.6. The van der Waals surface area contributed by atoms with E-state index in [-0.39, 0.29) is 5.97 Å². The molecule has 2 rings (SSSR count). The second-order valence-electron chi connectivity index (χ2n) is 3.37. The smallest absolute Gasteiger partial charge is 0.306 e. The largest absolute Gasteiger partial charge is 0.466 e. The van der Waals surface area contributed by atoms with Gasteiger partial charge in [-0.15, -0.1) is 0 Å². The molecule has 0 atom stereocenters. The van der Waals surface area contributed by atoms with Gasteiger partial charge in [-0.3, -0.25) is 9.78 Å². The molecule has 2 aromatic heterocycles. The van der Waals surface area contributed by atoms with Gasteiger partial charge in [0.25, 0.3) is 0 Å². The van der Waals surface area contributed by atoms with Crippen molar-refractivity contribution in [3.8, 4) is 0 Å². The van der Waals surface area contributed by atoms with E-state index in [4.69, 9.17) is 4.74 Å². The SMILES string of the molecule is CCOC(=O)CCc1c[nH]c2nccnc12. The van der Waals surface area contributed by atoms with Crippen molar-refractivity contribution < 1.29 is 9.53 Å². The molecule has 0 amide bonds. The lowest BCUT2D eigenvalue weighted by Crippen LogP contribution is -2.05. The molecule has 0 saturated carbocycles. The Kier molecular flexibility index (Phi) is 3.14. The number of H-pyrrole nitrogens is 1. The molecule has 16 heavy (non-hydrogen) atoms. The number of aromatic nitrogens is 3. The number of aromatic amines is 1. The quantitative estimate of drug-likeness (QED) is 0.790. The minimum Gasteiger partial charge on any atom is -0.466 e. The van der Waals surface area contributed by atoms with Crippen molar-refractivity contribution in [1.82, 2.24) is 15.0 Å². The predicted molar refractivity (Wildman–Crippen MR) is 58.8 cm³/mol. The summed E-state index contributed by atoms with van der Waals surface area (Å²) in [5.74, 6) is -0.180. The van der Waals surface area contributed by atoms with Gasteiger partial charge in [0, 0.05) is 25.0 Å². The Balaban J connectivity index is 2.07. The number of nitrogens with zero attached hydrogens (tertiary/aromatic N) is 2. The summed E-state index contributed by atoms with van der Waals surface area (Å²) in [6.07, 6.45) is 6.11. The highest BCUT2D eigenvalue weighted by Crippen LogP contribution is 2.14. The van der Waals surface area contributed by atoms with Crippen LogP contribution in [0.3, 0.4) is 0 Å². The number of hydrogen-bond acceptors (Lipinski definition) is 4. The van der Waals surface area contributed by atoms with Crippen molar-refractivity contribution in [2.75, 3.05) is 6.61 Å². The highest BCUT2D eigenvalue weighted by molar-refractivity contribution is 5.76. The molecule has 0 aliphatic carbocycles. The summed E-state index contributed by atoms with van der Waals surface area (Å²) in [7, 11) is 0. The molecule has 0 radical (unpaired) electrons. The summed E-state index contributed by atoms with van der Waals surface area (Å²) in [4.78, 5) is 22.6. The van der Waals surface area contributed by atoms with E-state index in [0.717, 1.165) is 16.7 Å². The number of hydrogen-bond donors (Lipinski definition) is 1. The van der Waals surface area contributed by atoms with Crippen LogP contribution >= 0.6 is 0 Å². The van der Waals surface area contributed by atoms with Gasteiger partial charge >= 0.3 is 5.97 Å². The molecule has 2 aromatic rings. The lowest BCUT2D eigenvalue weighted by Gasteiger charge is -2.00. The van der Waals surface area contributed by atoms with Gasteiger partial charge in [0.05, 0.1) is 6.61 Å². The molecule has 2 heterocycles. The van der Waals surface area contributed by atoms with E-state index in [2.05, 4.69) is 15.0 Å². The molecule has 0 unspecified atom stereocenters. The molecule has 0 bridgehead atoms. The van der Waals surface area contributed by atoms with Crippen LogP contribution in [0, 0.1) is 0 Å². The molecule has 0 aromatic carbocycles. The molecule has 0 fully saturated rings. The van der Waals surface area contributed by atoms with Crippen molar-refractivity contribution in [3.05, 3.63) is 24.2 Å². The van der Waals surface area contributed by atoms with Crippen molar-refractivity contribution in [1.29, 1.82) is 0 Å². The Morgan fingerprint density at radius 3 is 3.06 bits per heavy atom. The second kappa shape index (κ2) is 4.74. The second-order valence-corrected chi connectivity index (χ2v) is 3.37. The van der Waals surface area contributed by atoms with Crippen LogP contribution in [-0.4, -0.2) is 27.5 Å². The average Bonchev–Trinajstić information content (AvgIpc) is 2.70. The van der Waals surface area contributed by atoms with E-state index in [1.165, 1.54) is 0 Å². The summed E-state index contributed by atoms with van der Waals surface area (Å²) in [5.41, 5.74) is 2.57. The first kappa shape index (κ1) is 10.6. The maximum atomic E-state index is 11.2. The van der Waals surface area contributed by atoms with Crippen molar-refractivity contribution in [3.63, 3.8) is 0 Å². The number of carbonyl (C=O) groups is 1. The third kappa shape index (κ3) is 2.18. The zero-order valence-electron chi connectivity index (χ0n) is 9.06. The summed E-state index contributed by atoms with van der Waals surface area (Å²) < 4.78 is 4.87. The van der Waals surface area contributed by atoms with E-state index in [0.29, 0.717) is 19.4 Å². The summed E-state index contributed by atoms with van der Waals surface area (Å²) in [6.45, 7) is 2.22. The van der Waals surface area contributed by atoms with E-state index < -0.39 is 0 Å². The molecule has 5 nitrogen and oxygen atoms in total. The topological polar surface area (TPSA) is 67.9 Å². The minimum absolute atomic E-state index is 0.180. The van der Waals surface area contributed by atoms with Gasteiger partial charge in [-0.2, -0.15) is 0 Å². The maximum absolute atomic E-state index is 11.2. The molecule has 1 N–H and O–H groups in total. The first-order valence-corrected chi connectivity index (χ1v) is 5.24. The summed E-state index contributed by atoms with van der Waals surface area (Å²) in [5, 5.41) is 0. The van der Waals surface area contributed by atoms with E-state index in [1.807, 2.05) is 6.20 Å². The van der Waals surface area contributed by atoms with E-state index in [1.54, 1.807) is 19.3 Å². The Hall–Kier alpha value is -1.91. The van der Waals surface area contributed by atoms with Gasteiger partial charge in [-0.1, -0.05) is 0 Å². The summed E-state index contributed by atoms with van der Waals surface area (Å²) >= 11 is 0. The zero-order chi connectivity index (χ0) is 11.4. The fourth-order valence-corrected chi connectivity index (χ4v) is 1.56. The summed E-state index contributed by atoms with van der Waals surface area (Å²) in [6, 6.07) is 0. The monoisotopic (exact) mass is 219 g/mol. The minimum atomic E-state index is -0.180. The molecular weight excluding hydrogens is 206 g/mol. The third-order valence-electron chi connectivity index (χ3n) is 2.29. The van der Waals surface area contributed by atoms with Crippen LogP contribution in [0.25, 0.3) is 11.2 Å². The first-order valence-electron chi connectivity index (χ1n) is 5.24. The first-order chi connectivity index (χ1) is 7.81. The Bertz CT molecular complexity index is 493. The van der Waals surface area contributed by atoms with E-state index in [9.17, 15) is 4.79 Å². The van der Waals surface area contributed by atoms with Crippen LogP contribution in [0.5, 0.6) is 0 Å². The zero-order valence-corrected chi connectivity index (χ0v) is 9.06. The average molecular weight is 219 g/mol. The van der Waals surface area contributed by atoms with Crippen LogP contribution in [0.15, 0.2) is 18.6 Å². The number of fused-ring (bicyclic) bond motifs is 1. The predicted octanol–water partition coefficient (Wildman–Crippen LogP) is 1.45. The van der Waals surface area contributed by atoms with Crippen LogP contribution in [0.4, 0.5) is 0 Å². The number of rotatable bonds is 4. The molecule has 5 heteroatoms. The molecule has 0 spiro atoms. The van der Waals surface area contributed by atoms with Gasteiger partial charge in [0.1, 0.15) is 5.52 Å². The highest BCUT2D eigenvalue weighted by atomic mass is 16.5. The number of aryl methyl sites for hydroxylation is 1. The van der Waals surface area contributed by atoms with Crippen LogP contribution in [0.1, 0.15) is 18.9 Å². The van der Waals surface area contributed by atoms with Gasteiger partial charge in [-0.05, 0) is 18.9 Å². The van der Waals surface area contributed by atoms with Gasteiger partial charge in [0.15, 0.2) is 5.65 Å². The number of ether oxygens (including phenoxy) is 1. The molecule has 0 aliphatic rings. The number of esters is 1. The lowest BCUT2D eigenvalue weighted by molar-refractivity contribution is -0.143. The Labute approximate surface area is 92.9 Å². The lowest BCUT2D eigenvalue weighted by atomic mass is 10.2. The van der Waals surface area contributed by atoms with Crippen molar-refractivity contribution >= 4 is 17.1 Å². The fourth-order valence-electron chi connectivity index (χ4n) is 1.56. The Morgan fingerprint density at radius 1 is 1.44 bits per heavy atom. The standard InChI is InChI=1S/C11H13N3O2/c1-2-16-9(15)4-3-8-7-14-11-10(8)12-5-6-13-11/h5-7H,2-4H2,1H3,(H,13,14). The van der Waals surface area contributed by atoms with Crippen LogP contribution < -0.4 is 0 Å². The molecule has 84 valence electrons. The highest BCUT2D eigenvalue weighted by Gasteiger charge is 2.08. The molecule has 0 aliphatic heterocycles. The third-order valence-corrected chi connectivity index (χ3v) is 2.29. The Morgan fingerprint density at radius 2 is 2.25 bits per heavy atom. The molecule has 0 saturated heterocycles. The van der Waals surface area contributed by atoms with Crippen LogP contribution in [-0.2, 0) is 16.0 Å².